The van der Waals surface area contributed by atoms with E-state index in [1.165, 1.54) is 64.2 Å². The highest BCUT2D eigenvalue weighted by Gasteiger charge is 2.58. The van der Waals surface area contributed by atoms with Crippen LogP contribution in [0.1, 0.15) is 78.1 Å². The van der Waals surface area contributed by atoms with E-state index in [1.807, 2.05) is 0 Å². The van der Waals surface area contributed by atoms with Crippen molar-refractivity contribution in [3.05, 3.63) is 0 Å². The van der Waals surface area contributed by atoms with Gasteiger partial charge >= 0.3 is 0 Å². The molecule has 7 unspecified atom stereocenters. The van der Waals surface area contributed by atoms with Gasteiger partial charge in [-0.2, -0.15) is 0 Å². The molecule has 0 N–H and O–H groups in total. The van der Waals surface area contributed by atoms with Crippen LogP contribution in [0, 0.1) is 40.9 Å². The molecule has 3 nitrogen and oxygen atoms in total. The SMILES string of the molecule is CC(F)F.CC12CCC3C4CCCCC4CCC3C1CCC2C(=O)CN1CCOCC1. The zero-order chi connectivity index (χ0) is 22.0. The Morgan fingerprint density at radius 3 is 2.42 bits per heavy atom. The molecule has 0 aromatic heterocycles. The second kappa shape index (κ2) is 10.2. The fourth-order valence-electron chi connectivity index (χ4n) is 8.45. The molecule has 0 radical (unpaired) electrons. The molecule has 0 bridgehead atoms. The molecule has 1 aliphatic heterocycles. The lowest BCUT2D eigenvalue weighted by molar-refractivity contribution is -0.132. The minimum Gasteiger partial charge on any atom is -0.379 e. The van der Waals surface area contributed by atoms with Crippen LogP contribution in [0.4, 0.5) is 8.78 Å². The summed E-state index contributed by atoms with van der Waals surface area (Å²) in [5.74, 6) is 5.72. The Kier molecular flexibility index (Phi) is 7.73. The van der Waals surface area contributed by atoms with Gasteiger partial charge < -0.3 is 4.74 Å². The molecule has 0 aromatic rings. The van der Waals surface area contributed by atoms with E-state index >= 15 is 0 Å². The number of carbonyl (C=O) groups excluding carboxylic acids is 1. The van der Waals surface area contributed by atoms with Crippen LogP contribution in [0.2, 0.25) is 0 Å². The molecule has 5 fully saturated rings. The lowest BCUT2D eigenvalue weighted by Crippen LogP contribution is -2.50. The fourth-order valence-corrected chi connectivity index (χ4v) is 8.45. The summed E-state index contributed by atoms with van der Waals surface area (Å²) in [7, 11) is 0. The van der Waals surface area contributed by atoms with Gasteiger partial charge in [-0.05, 0) is 86.9 Å². The number of fused-ring (bicyclic) bond motifs is 5. The van der Waals surface area contributed by atoms with Crippen LogP contribution in [0.25, 0.3) is 0 Å². The van der Waals surface area contributed by atoms with Crippen LogP contribution in [-0.4, -0.2) is 50.0 Å². The largest absolute Gasteiger partial charge is 0.379 e. The van der Waals surface area contributed by atoms with Crippen LogP contribution >= 0.6 is 0 Å². The van der Waals surface area contributed by atoms with Gasteiger partial charge in [-0.15, -0.1) is 0 Å². The van der Waals surface area contributed by atoms with E-state index in [-0.39, 0.29) is 0 Å². The molecular weight excluding hydrogens is 396 g/mol. The number of carbonyl (C=O) groups is 1. The zero-order valence-corrected chi connectivity index (χ0v) is 19.7. The van der Waals surface area contributed by atoms with Crippen molar-refractivity contribution in [1.29, 1.82) is 0 Å². The van der Waals surface area contributed by atoms with Gasteiger partial charge in [0.2, 0.25) is 6.43 Å². The Morgan fingerprint density at radius 1 is 0.968 bits per heavy atom. The predicted octanol–water partition coefficient (Wildman–Crippen LogP) is 5.82. The van der Waals surface area contributed by atoms with E-state index in [0.717, 1.165) is 62.8 Å². The second-order valence-corrected chi connectivity index (χ2v) is 11.3. The van der Waals surface area contributed by atoms with Gasteiger partial charge in [0, 0.05) is 19.0 Å². The van der Waals surface area contributed by atoms with Gasteiger partial charge in [-0.1, -0.05) is 26.2 Å². The van der Waals surface area contributed by atoms with E-state index in [4.69, 9.17) is 4.74 Å². The molecule has 4 saturated carbocycles. The summed E-state index contributed by atoms with van der Waals surface area (Å²) in [4.78, 5) is 15.6. The van der Waals surface area contributed by atoms with Crippen molar-refractivity contribution in [2.45, 2.75) is 84.5 Å². The maximum absolute atomic E-state index is 13.3. The highest BCUT2D eigenvalue weighted by molar-refractivity contribution is 5.84. The lowest BCUT2D eigenvalue weighted by Gasteiger charge is -2.55. The lowest BCUT2D eigenvalue weighted by atomic mass is 9.49. The number of morpholine rings is 1. The number of alkyl halides is 2. The fraction of sp³-hybridized carbons (Fsp3) is 0.962. The van der Waals surface area contributed by atoms with E-state index in [1.54, 1.807) is 0 Å². The molecular formula is C26H43F2NO2. The summed E-state index contributed by atoms with van der Waals surface area (Å²) in [6.45, 7) is 7.48. The van der Waals surface area contributed by atoms with Crippen molar-refractivity contribution in [2.75, 3.05) is 32.8 Å². The van der Waals surface area contributed by atoms with Crippen LogP contribution in [0.5, 0.6) is 0 Å². The number of ketones is 1. The molecule has 4 aliphatic carbocycles. The van der Waals surface area contributed by atoms with Gasteiger partial charge in [-0.3, -0.25) is 9.69 Å². The third-order valence-electron chi connectivity index (χ3n) is 9.75. The minimum atomic E-state index is -2.17. The zero-order valence-electron chi connectivity index (χ0n) is 19.7. The predicted molar refractivity (Wildman–Crippen MR) is 119 cm³/mol. The summed E-state index contributed by atoms with van der Waals surface area (Å²) in [6, 6.07) is 0. The van der Waals surface area contributed by atoms with E-state index in [2.05, 4.69) is 11.8 Å². The molecule has 0 aromatic carbocycles. The van der Waals surface area contributed by atoms with Gasteiger partial charge in [0.1, 0.15) is 5.78 Å². The monoisotopic (exact) mass is 439 g/mol. The minimum absolute atomic E-state index is 0.298. The summed E-state index contributed by atoms with van der Waals surface area (Å²) in [5, 5.41) is 0. The Morgan fingerprint density at radius 2 is 1.68 bits per heavy atom. The van der Waals surface area contributed by atoms with Crippen molar-refractivity contribution in [3.63, 3.8) is 0 Å². The van der Waals surface area contributed by atoms with Crippen molar-refractivity contribution >= 4 is 5.78 Å². The van der Waals surface area contributed by atoms with E-state index in [0.29, 0.717) is 23.7 Å². The first-order valence-electron chi connectivity index (χ1n) is 13.0. The van der Waals surface area contributed by atoms with Crippen molar-refractivity contribution in [3.8, 4) is 0 Å². The molecule has 31 heavy (non-hydrogen) atoms. The highest BCUT2D eigenvalue weighted by atomic mass is 19.3. The van der Waals surface area contributed by atoms with Crippen molar-refractivity contribution < 1.29 is 18.3 Å². The number of nitrogens with zero attached hydrogens (tertiary/aromatic N) is 1. The van der Waals surface area contributed by atoms with Crippen LogP contribution < -0.4 is 0 Å². The smallest absolute Gasteiger partial charge is 0.235 e. The standard InChI is InChI=1S/C24H39NO2.C2H4F2/c1-24-11-10-19-18-5-3-2-4-17(18)6-7-20(19)21(24)8-9-22(24)23(26)16-25-12-14-27-15-13-25;1-2(3)4/h17-22H,2-16H2,1H3;2H,1H3. The van der Waals surface area contributed by atoms with Crippen LogP contribution in [0.15, 0.2) is 0 Å². The Labute approximate surface area is 187 Å². The highest BCUT2D eigenvalue weighted by Crippen LogP contribution is 2.64. The average molecular weight is 440 g/mol. The third-order valence-corrected chi connectivity index (χ3v) is 9.75. The molecule has 7 atom stereocenters. The number of hydrogen-bond donors (Lipinski definition) is 0. The molecule has 5 rings (SSSR count). The first kappa shape index (κ1) is 23.6. The number of rotatable bonds is 3. The topological polar surface area (TPSA) is 29.5 Å². The Balaban J connectivity index is 0.000000535. The van der Waals surface area contributed by atoms with E-state index < -0.39 is 6.43 Å². The quantitative estimate of drug-likeness (QED) is 0.555. The summed E-state index contributed by atoms with van der Waals surface area (Å²) >= 11 is 0. The van der Waals surface area contributed by atoms with Gasteiger partial charge in [-0.25, -0.2) is 8.78 Å². The van der Waals surface area contributed by atoms with Gasteiger partial charge in [0.15, 0.2) is 0 Å². The maximum atomic E-state index is 13.3. The number of hydrogen-bond acceptors (Lipinski definition) is 3. The first-order chi connectivity index (χ1) is 14.9. The summed E-state index contributed by atoms with van der Waals surface area (Å²) in [5.41, 5.74) is 0.298. The van der Waals surface area contributed by atoms with Crippen molar-refractivity contribution in [2.24, 2.45) is 40.9 Å². The average Bonchev–Trinajstić information content (AvgIpc) is 3.11. The molecule has 0 amide bonds. The molecule has 178 valence electrons. The molecule has 1 heterocycles. The van der Waals surface area contributed by atoms with Crippen LogP contribution in [0.3, 0.4) is 0 Å². The number of Topliss-reactive ketones (excluding diaryl/α,β-unsaturated/α-hetero) is 1. The summed E-state index contributed by atoms with van der Waals surface area (Å²) in [6.07, 6.45) is 12.0. The normalized spacial score (nSPS) is 42.7. The molecule has 5 heteroatoms. The van der Waals surface area contributed by atoms with Gasteiger partial charge in [0.25, 0.3) is 0 Å². The third kappa shape index (κ3) is 5.03. The number of ether oxygens (including phenoxy) is 1. The Hall–Kier alpha value is -0.550. The molecule has 0 spiro atoms. The Bertz CT molecular complexity index is 605. The summed E-state index contributed by atoms with van der Waals surface area (Å²) < 4.78 is 26.1. The van der Waals surface area contributed by atoms with Crippen molar-refractivity contribution in [1.82, 2.24) is 4.90 Å². The molecule has 1 saturated heterocycles. The van der Waals surface area contributed by atoms with E-state index in [9.17, 15) is 13.6 Å². The maximum Gasteiger partial charge on any atom is 0.235 e. The number of halogens is 2. The molecule has 5 aliphatic rings. The second-order valence-electron chi connectivity index (χ2n) is 11.3. The van der Waals surface area contributed by atoms with Crippen LogP contribution in [-0.2, 0) is 9.53 Å². The first-order valence-corrected chi connectivity index (χ1v) is 13.0. The van der Waals surface area contributed by atoms with Gasteiger partial charge in [0.05, 0.1) is 19.8 Å².